The number of hydrogen-bond acceptors (Lipinski definition) is 8. The molecule has 0 aliphatic heterocycles. The highest BCUT2D eigenvalue weighted by Gasteiger charge is 2.14. The molecule has 0 saturated carbocycles. The average molecular weight is 563 g/mol. The molecule has 13 heteroatoms. The van der Waals surface area contributed by atoms with Gasteiger partial charge < -0.3 is 10.2 Å². The molecule has 0 radical (unpaired) electrons. The highest BCUT2D eigenvalue weighted by atomic mass is 79.9. The van der Waals surface area contributed by atoms with E-state index in [2.05, 4.69) is 57.9 Å². The zero-order chi connectivity index (χ0) is 21.0. The van der Waals surface area contributed by atoms with Crippen LogP contribution in [0.25, 0.3) is 5.69 Å². The van der Waals surface area contributed by atoms with Crippen LogP contribution in [0.4, 0.5) is 0 Å². The van der Waals surface area contributed by atoms with E-state index in [9.17, 15) is 15.0 Å². The van der Waals surface area contributed by atoms with Gasteiger partial charge in [-0.25, -0.2) is 5.43 Å². The first-order chi connectivity index (χ1) is 13.9. The maximum Gasteiger partial charge on any atom is 0.250 e. The number of nitrogens with one attached hydrogen (secondary N) is 1. The van der Waals surface area contributed by atoms with Gasteiger partial charge in [-0.15, -0.1) is 5.10 Å². The molecule has 0 unspecified atom stereocenters. The minimum Gasteiger partial charge on any atom is -0.506 e. The molecule has 9 nitrogen and oxygen atoms in total. The van der Waals surface area contributed by atoms with Crippen molar-refractivity contribution in [3.8, 4) is 17.2 Å². The Kier molecular flexibility index (Phi) is 7.11. The number of aromatic nitrogens is 4. The summed E-state index contributed by atoms with van der Waals surface area (Å²) in [6.45, 7) is 0. The van der Waals surface area contributed by atoms with Gasteiger partial charge in [0.25, 0.3) is 5.91 Å². The van der Waals surface area contributed by atoms with Gasteiger partial charge in [-0.3, -0.25) is 4.79 Å². The fourth-order valence-electron chi connectivity index (χ4n) is 2.06. The highest BCUT2D eigenvalue weighted by Crippen LogP contribution is 2.40. The molecule has 0 bridgehead atoms. The number of phenols is 2. The fraction of sp³-hybridized carbons (Fsp3) is 0.0625. The molecule has 1 heterocycles. The summed E-state index contributed by atoms with van der Waals surface area (Å²) in [5, 5.41) is 35.9. The van der Waals surface area contributed by atoms with E-state index in [1.165, 1.54) is 17.0 Å². The zero-order valence-electron chi connectivity index (χ0n) is 14.3. The average Bonchev–Trinajstić information content (AvgIpc) is 3.18. The van der Waals surface area contributed by atoms with Gasteiger partial charge in [-0.2, -0.15) is 9.78 Å². The molecule has 3 N–H and O–H groups in total. The highest BCUT2D eigenvalue weighted by molar-refractivity contribution is 9.11. The summed E-state index contributed by atoms with van der Waals surface area (Å²) in [7, 11) is 0. The van der Waals surface area contributed by atoms with Crippen molar-refractivity contribution in [2.75, 3.05) is 5.75 Å². The molecule has 29 heavy (non-hydrogen) atoms. The molecule has 3 aromatic rings. The van der Waals surface area contributed by atoms with Crippen LogP contribution in [0.3, 0.4) is 0 Å². The largest absolute Gasteiger partial charge is 0.506 e. The van der Waals surface area contributed by atoms with Gasteiger partial charge in [0.1, 0.15) is 16.0 Å². The lowest BCUT2D eigenvalue weighted by Gasteiger charge is -2.06. The second-order valence-corrected chi connectivity index (χ2v) is 8.42. The van der Waals surface area contributed by atoms with Crippen LogP contribution in [0.2, 0.25) is 5.02 Å². The van der Waals surface area contributed by atoms with Crippen LogP contribution in [-0.4, -0.2) is 48.3 Å². The lowest BCUT2D eigenvalue weighted by atomic mass is 10.2. The molecular formula is C16H11Br2ClN6O3S. The standard InChI is InChI=1S/C16H11Br2ClN6O3S/c17-11-5-8(14(27)13(18)15(11)28)6-20-21-12(26)7-29-16-22-23-24-25(16)10-3-1-9(19)2-4-10/h1-6,27-28H,7H2,(H,21,26)/b20-6+. The van der Waals surface area contributed by atoms with Crippen LogP contribution in [0.15, 0.2) is 49.5 Å². The number of benzene rings is 2. The Labute approximate surface area is 190 Å². The zero-order valence-corrected chi connectivity index (χ0v) is 19.0. The van der Waals surface area contributed by atoms with Crippen LogP contribution in [0, 0.1) is 0 Å². The maximum absolute atomic E-state index is 12.0. The van der Waals surface area contributed by atoms with E-state index >= 15 is 0 Å². The lowest BCUT2D eigenvalue weighted by molar-refractivity contribution is -0.118. The van der Waals surface area contributed by atoms with E-state index in [0.717, 1.165) is 11.8 Å². The Hall–Kier alpha value is -2.15. The van der Waals surface area contributed by atoms with Crippen LogP contribution in [0.5, 0.6) is 11.5 Å². The van der Waals surface area contributed by atoms with E-state index in [-0.39, 0.29) is 21.7 Å². The first-order valence-electron chi connectivity index (χ1n) is 7.75. The Morgan fingerprint density at radius 2 is 2.00 bits per heavy atom. The van der Waals surface area contributed by atoms with E-state index in [1.807, 2.05) is 0 Å². The Morgan fingerprint density at radius 3 is 2.72 bits per heavy atom. The number of amides is 1. The summed E-state index contributed by atoms with van der Waals surface area (Å²) < 4.78 is 1.96. The number of nitrogens with zero attached hydrogens (tertiary/aromatic N) is 5. The molecule has 0 aliphatic rings. The summed E-state index contributed by atoms with van der Waals surface area (Å²) in [4.78, 5) is 12.0. The van der Waals surface area contributed by atoms with Crippen LogP contribution in [-0.2, 0) is 4.79 Å². The second-order valence-electron chi connectivity index (χ2n) is 5.39. The number of hydrazone groups is 1. The minimum atomic E-state index is -0.395. The fourth-order valence-corrected chi connectivity index (χ4v) is 4.03. The summed E-state index contributed by atoms with van der Waals surface area (Å²) in [6, 6.07) is 8.40. The maximum atomic E-state index is 12.0. The topological polar surface area (TPSA) is 126 Å². The first kappa shape index (κ1) is 21.6. The van der Waals surface area contributed by atoms with Crippen molar-refractivity contribution in [3.05, 3.63) is 49.9 Å². The van der Waals surface area contributed by atoms with Crippen LogP contribution >= 0.6 is 55.2 Å². The van der Waals surface area contributed by atoms with Crippen molar-refractivity contribution in [2.45, 2.75) is 5.16 Å². The number of carbonyl (C=O) groups is 1. The second kappa shape index (κ2) is 9.57. The summed E-state index contributed by atoms with van der Waals surface area (Å²) >= 11 is 13.2. The first-order valence-corrected chi connectivity index (χ1v) is 10.7. The van der Waals surface area contributed by atoms with Gasteiger partial charge in [0.2, 0.25) is 5.16 Å². The normalized spacial score (nSPS) is 11.1. The number of hydrogen-bond donors (Lipinski definition) is 3. The number of halogens is 3. The number of carbonyl (C=O) groups excluding carboxylic acids is 1. The third-order valence-electron chi connectivity index (χ3n) is 3.44. The van der Waals surface area contributed by atoms with Crippen molar-refractivity contribution in [3.63, 3.8) is 0 Å². The molecular weight excluding hydrogens is 552 g/mol. The van der Waals surface area contributed by atoms with E-state index in [1.54, 1.807) is 24.3 Å². The van der Waals surface area contributed by atoms with Crippen LogP contribution < -0.4 is 5.43 Å². The molecule has 0 fully saturated rings. The number of phenolic OH excluding ortho intramolecular Hbond substituents is 2. The van der Waals surface area contributed by atoms with Gasteiger partial charge in [-0.1, -0.05) is 23.4 Å². The number of thioether (sulfide) groups is 1. The van der Waals surface area contributed by atoms with Crippen molar-refractivity contribution >= 4 is 67.3 Å². The lowest BCUT2D eigenvalue weighted by Crippen LogP contribution is -2.20. The SMILES string of the molecule is O=C(CSc1nnnn1-c1ccc(Cl)cc1)N/N=C/c1cc(Br)c(O)c(Br)c1O. The predicted molar refractivity (Wildman–Crippen MR) is 116 cm³/mol. The van der Waals surface area contributed by atoms with Crippen molar-refractivity contribution in [1.82, 2.24) is 25.6 Å². The Morgan fingerprint density at radius 1 is 1.28 bits per heavy atom. The number of aromatic hydroxyl groups is 2. The van der Waals surface area contributed by atoms with Gasteiger partial charge in [0.05, 0.1) is 22.1 Å². The third-order valence-corrected chi connectivity index (χ3v) is 5.96. The van der Waals surface area contributed by atoms with Crippen molar-refractivity contribution in [2.24, 2.45) is 5.10 Å². The van der Waals surface area contributed by atoms with Gasteiger partial charge in [0.15, 0.2) is 0 Å². The van der Waals surface area contributed by atoms with Crippen molar-refractivity contribution in [1.29, 1.82) is 0 Å². The van der Waals surface area contributed by atoms with Gasteiger partial charge in [-0.05, 0) is 72.6 Å². The van der Waals surface area contributed by atoms with E-state index in [0.29, 0.717) is 25.9 Å². The molecule has 150 valence electrons. The predicted octanol–water partition coefficient (Wildman–Crippen LogP) is 3.49. The molecule has 3 rings (SSSR count). The third kappa shape index (κ3) is 5.26. The number of rotatable bonds is 6. The summed E-state index contributed by atoms with van der Waals surface area (Å²) in [5.41, 5.74) is 3.35. The van der Waals surface area contributed by atoms with Gasteiger partial charge in [0, 0.05) is 10.6 Å². The molecule has 0 saturated heterocycles. The molecule has 0 spiro atoms. The Bertz CT molecular complexity index is 1080. The molecule has 2 aromatic carbocycles. The molecule has 1 aromatic heterocycles. The summed E-state index contributed by atoms with van der Waals surface area (Å²) in [5.74, 6) is -0.729. The minimum absolute atomic E-state index is 0.0141. The quantitative estimate of drug-likeness (QED) is 0.239. The van der Waals surface area contributed by atoms with E-state index in [4.69, 9.17) is 11.6 Å². The smallest absolute Gasteiger partial charge is 0.250 e. The van der Waals surface area contributed by atoms with Crippen LogP contribution in [0.1, 0.15) is 5.56 Å². The molecule has 0 aliphatic carbocycles. The monoisotopic (exact) mass is 560 g/mol. The Balaban J connectivity index is 1.60. The summed E-state index contributed by atoms with van der Waals surface area (Å²) in [6.07, 6.45) is 1.25. The van der Waals surface area contributed by atoms with Gasteiger partial charge >= 0.3 is 0 Å². The van der Waals surface area contributed by atoms with Crippen molar-refractivity contribution < 1.29 is 15.0 Å². The number of tetrazole rings is 1. The molecule has 0 atom stereocenters. The van der Waals surface area contributed by atoms with E-state index < -0.39 is 5.91 Å². The molecule has 1 amide bonds.